The van der Waals surface area contributed by atoms with Crippen LogP contribution in [0.4, 0.5) is 4.79 Å². The highest BCUT2D eigenvalue weighted by atomic mass is 32.1. The number of carbonyl (C=O) groups excluding carboxylic acids is 2. The zero-order chi connectivity index (χ0) is 22.3. The molecular weight excluding hydrogens is 422 g/mol. The summed E-state index contributed by atoms with van der Waals surface area (Å²) in [6, 6.07) is 12.4. The first-order valence-corrected chi connectivity index (χ1v) is 12.6. The molecule has 0 spiro atoms. The highest BCUT2D eigenvalue weighted by Crippen LogP contribution is 2.37. The second kappa shape index (κ2) is 10.9. The van der Waals surface area contributed by atoms with Gasteiger partial charge in [-0.05, 0) is 44.2 Å². The smallest absolute Gasteiger partial charge is 0.315 e. The number of hydrogen-bond donors (Lipinski definition) is 2. The lowest BCUT2D eigenvalue weighted by Gasteiger charge is -2.33. The molecule has 32 heavy (non-hydrogen) atoms. The predicted molar refractivity (Wildman–Crippen MR) is 128 cm³/mol. The van der Waals surface area contributed by atoms with Gasteiger partial charge in [-0.1, -0.05) is 49.6 Å². The molecule has 7 heteroatoms. The molecule has 1 saturated heterocycles. The van der Waals surface area contributed by atoms with Crippen LogP contribution in [0.1, 0.15) is 61.5 Å². The third-order valence-electron chi connectivity index (χ3n) is 6.31. The predicted octanol–water partition coefficient (Wildman–Crippen LogP) is 5.05. The lowest BCUT2D eigenvalue weighted by molar-refractivity contribution is 0.0709. The van der Waals surface area contributed by atoms with E-state index < -0.39 is 0 Å². The largest absolute Gasteiger partial charge is 0.492 e. The molecular formula is C25H33N3O3S. The van der Waals surface area contributed by atoms with Crippen molar-refractivity contribution >= 4 is 23.3 Å². The molecule has 3 amide bonds. The minimum Gasteiger partial charge on any atom is -0.492 e. The van der Waals surface area contributed by atoms with Crippen molar-refractivity contribution in [3.63, 3.8) is 0 Å². The van der Waals surface area contributed by atoms with Gasteiger partial charge >= 0.3 is 6.03 Å². The van der Waals surface area contributed by atoms with Crippen molar-refractivity contribution in [1.82, 2.24) is 15.5 Å². The van der Waals surface area contributed by atoms with E-state index in [4.69, 9.17) is 4.74 Å². The average molecular weight is 456 g/mol. The van der Waals surface area contributed by atoms with Gasteiger partial charge in [-0.2, -0.15) is 0 Å². The second-order valence-electron chi connectivity index (χ2n) is 8.62. The summed E-state index contributed by atoms with van der Waals surface area (Å²) in [4.78, 5) is 29.2. The minimum absolute atomic E-state index is 0.0192. The van der Waals surface area contributed by atoms with E-state index in [1.165, 1.54) is 30.6 Å². The standard InChI is InChI=1S/C25H33N3O3S/c1-2-31-21-17-22(18-9-5-3-6-10-18)32-23(21)24(29)28-15-13-20(14-16-28)27-25(30)26-19-11-7-4-8-12-19/h3,5-6,9-10,17,19-20H,2,4,7-8,11-16H2,1H3,(H2,26,27,30). The van der Waals surface area contributed by atoms with Crippen LogP contribution in [-0.4, -0.2) is 48.6 Å². The summed E-state index contributed by atoms with van der Waals surface area (Å²) < 4.78 is 5.79. The van der Waals surface area contributed by atoms with Gasteiger partial charge in [0.05, 0.1) is 6.61 Å². The summed E-state index contributed by atoms with van der Waals surface area (Å²) in [5.41, 5.74) is 1.09. The first-order valence-electron chi connectivity index (χ1n) is 11.8. The number of benzene rings is 1. The Kier molecular flexibility index (Phi) is 7.68. The van der Waals surface area contributed by atoms with Crippen LogP contribution >= 0.6 is 11.3 Å². The maximum Gasteiger partial charge on any atom is 0.315 e. The Bertz CT molecular complexity index is 900. The molecule has 1 saturated carbocycles. The van der Waals surface area contributed by atoms with Gasteiger partial charge in [0.1, 0.15) is 10.6 Å². The van der Waals surface area contributed by atoms with E-state index in [0.29, 0.717) is 36.4 Å². The molecule has 2 heterocycles. The SMILES string of the molecule is CCOc1cc(-c2ccccc2)sc1C(=O)N1CCC(NC(=O)NC2CCCCC2)CC1. The number of nitrogens with zero attached hydrogens (tertiary/aromatic N) is 1. The summed E-state index contributed by atoms with van der Waals surface area (Å²) in [7, 11) is 0. The summed E-state index contributed by atoms with van der Waals surface area (Å²) in [6.45, 7) is 3.73. The van der Waals surface area contributed by atoms with E-state index in [9.17, 15) is 9.59 Å². The number of urea groups is 1. The van der Waals surface area contributed by atoms with E-state index in [2.05, 4.69) is 10.6 Å². The number of hydrogen-bond acceptors (Lipinski definition) is 4. The number of thiophene rings is 1. The third-order valence-corrected chi connectivity index (χ3v) is 7.46. The third kappa shape index (κ3) is 5.63. The van der Waals surface area contributed by atoms with Crippen LogP contribution in [0.3, 0.4) is 0 Å². The van der Waals surface area contributed by atoms with Crippen LogP contribution in [-0.2, 0) is 0 Å². The van der Waals surface area contributed by atoms with Crippen molar-refractivity contribution in [2.45, 2.75) is 64.0 Å². The Hall–Kier alpha value is -2.54. The molecule has 6 nitrogen and oxygen atoms in total. The average Bonchev–Trinajstić information content (AvgIpc) is 3.24. The maximum atomic E-state index is 13.3. The zero-order valence-corrected chi connectivity index (χ0v) is 19.6. The maximum absolute atomic E-state index is 13.3. The van der Waals surface area contributed by atoms with Crippen LogP contribution in [0.5, 0.6) is 5.75 Å². The van der Waals surface area contributed by atoms with Crippen molar-refractivity contribution in [1.29, 1.82) is 0 Å². The molecule has 0 bridgehead atoms. The molecule has 2 N–H and O–H groups in total. The van der Waals surface area contributed by atoms with Crippen molar-refractivity contribution in [2.75, 3.05) is 19.7 Å². The van der Waals surface area contributed by atoms with Crippen LogP contribution in [0, 0.1) is 0 Å². The molecule has 0 unspecified atom stereocenters. The minimum atomic E-state index is -0.0638. The fraction of sp³-hybridized carbons (Fsp3) is 0.520. The van der Waals surface area contributed by atoms with Gasteiger partial charge in [-0.15, -0.1) is 11.3 Å². The van der Waals surface area contributed by atoms with Gasteiger partial charge in [0.25, 0.3) is 5.91 Å². The first kappa shape index (κ1) is 22.6. The molecule has 1 aliphatic heterocycles. The van der Waals surface area contributed by atoms with Crippen molar-refractivity contribution in [3.05, 3.63) is 41.3 Å². The number of piperidine rings is 1. The fourth-order valence-electron chi connectivity index (χ4n) is 4.56. The Morgan fingerprint density at radius 1 is 1.00 bits per heavy atom. The van der Waals surface area contributed by atoms with Crippen molar-refractivity contribution in [3.8, 4) is 16.2 Å². The zero-order valence-electron chi connectivity index (χ0n) is 18.8. The van der Waals surface area contributed by atoms with Crippen LogP contribution < -0.4 is 15.4 Å². The highest BCUT2D eigenvalue weighted by Gasteiger charge is 2.28. The topological polar surface area (TPSA) is 70.7 Å². The Morgan fingerprint density at radius 2 is 1.66 bits per heavy atom. The van der Waals surface area contributed by atoms with E-state index in [-0.39, 0.29) is 18.0 Å². The normalized spacial score (nSPS) is 17.7. The number of ether oxygens (including phenoxy) is 1. The number of nitrogens with one attached hydrogen (secondary N) is 2. The molecule has 2 fully saturated rings. The summed E-state index contributed by atoms with van der Waals surface area (Å²) in [6.07, 6.45) is 7.36. The lowest BCUT2D eigenvalue weighted by Crippen LogP contribution is -2.51. The van der Waals surface area contributed by atoms with Crippen LogP contribution in [0.25, 0.3) is 10.4 Å². The molecule has 4 rings (SSSR count). The number of amides is 3. The molecule has 2 aliphatic rings. The molecule has 1 aromatic carbocycles. The Morgan fingerprint density at radius 3 is 2.31 bits per heavy atom. The number of carbonyl (C=O) groups is 2. The number of rotatable bonds is 6. The van der Waals surface area contributed by atoms with Gasteiger partial charge in [0.15, 0.2) is 0 Å². The van der Waals surface area contributed by atoms with Gasteiger partial charge < -0.3 is 20.3 Å². The van der Waals surface area contributed by atoms with Crippen LogP contribution in [0.2, 0.25) is 0 Å². The number of likely N-dealkylation sites (tertiary alicyclic amines) is 1. The van der Waals surface area contributed by atoms with Gasteiger partial charge in [-0.25, -0.2) is 4.79 Å². The molecule has 0 atom stereocenters. The molecule has 1 aromatic heterocycles. The van der Waals surface area contributed by atoms with Crippen LogP contribution in [0.15, 0.2) is 36.4 Å². The van der Waals surface area contributed by atoms with Crippen molar-refractivity contribution in [2.24, 2.45) is 0 Å². The van der Waals surface area contributed by atoms with E-state index in [0.717, 1.165) is 36.1 Å². The highest BCUT2D eigenvalue weighted by molar-refractivity contribution is 7.17. The van der Waals surface area contributed by atoms with Crippen molar-refractivity contribution < 1.29 is 14.3 Å². The van der Waals surface area contributed by atoms with Gasteiger partial charge in [-0.3, -0.25) is 4.79 Å². The molecule has 1 aliphatic carbocycles. The Balaban J connectivity index is 1.34. The summed E-state index contributed by atoms with van der Waals surface area (Å²) in [5.74, 6) is 0.680. The van der Waals surface area contributed by atoms with Gasteiger partial charge in [0, 0.05) is 30.1 Å². The van der Waals surface area contributed by atoms with Gasteiger partial charge in [0.2, 0.25) is 0 Å². The monoisotopic (exact) mass is 455 g/mol. The van der Waals surface area contributed by atoms with E-state index in [1.807, 2.05) is 48.2 Å². The van der Waals surface area contributed by atoms with E-state index in [1.54, 1.807) is 0 Å². The lowest BCUT2D eigenvalue weighted by atomic mass is 9.96. The quantitative estimate of drug-likeness (QED) is 0.640. The molecule has 2 aromatic rings. The van der Waals surface area contributed by atoms with E-state index >= 15 is 0 Å². The summed E-state index contributed by atoms with van der Waals surface area (Å²) in [5, 5.41) is 6.23. The summed E-state index contributed by atoms with van der Waals surface area (Å²) >= 11 is 1.49. The molecule has 0 radical (unpaired) electrons. The Labute approximate surface area is 194 Å². The first-order chi connectivity index (χ1) is 15.6. The fourth-order valence-corrected chi connectivity index (χ4v) is 5.64. The second-order valence-corrected chi connectivity index (χ2v) is 9.67. The molecule has 172 valence electrons.